The molecular formula is C17H19Br2NO. The first kappa shape index (κ1) is 16.7. The van der Waals surface area contributed by atoms with Gasteiger partial charge in [0.2, 0.25) is 0 Å². The largest absolute Gasteiger partial charge is 0.377 e. The highest BCUT2D eigenvalue weighted by molar-refractivity contribution is 9.08. The van der Waals surface area contributed by atoms with Crippen molar-refractivity contribution in [1.29, 1.82) is 0 Å². The van der Waals surface area contributed by atoms with Gasteiger partial charge in [0.05, 0.1) is 18.0 Å². The van der Waals surface area contributed by atoms with Gasteiger partial charge in [0.25, 0.3) is 0 Å². The van der Waals surface area contributed by atoms with E-state index in [0.717, 1.165) is 41.5 Å². The molecule has 0 saturated carbocycles. The number of rotatable bonds is 8. The van der Waals surface area contributed by atoms with Crippen molar-refractivity contribution in [3.05, 3.63) is 65.0 Å². The molecule has 4 heteroatoms. The Hall–Kier alpha value is -0.710. The molecule has 0 atom stereocenters. The fraction of sp³-hybridized carbons (Fsp3) is 0.353. The fourth-order valence-electron chi connectivity index (χ4n) is 2.14. The summed E-state index contributed by atoms with van der Waals surface area (Å²) < 4.78 is 5.72. The molecule has 0 spiro atoms. The molecule has 112 valence electrons. The summed E-state index contributed by atoms with van der Waals surface area (Å²) in [6.45, 7) is 1.47. The van der Waals surface area contributed by atoms with Crippen LogP contribution in [-0.4, -0.2) is 11.6 Å². The maximum absolute atomic E-state index is 5.72. The quantitative estimate of drug-likeness (QED) is 0.448. The van der Waals surface area contributed by atoms with E-state index in [2.05, 4.69) is 61.1 Å². The van der Waals surface area contributed by atoms with E-state index < -0.39 is 0 Å². The lowest BCUT2D eigenvalue weighted by atomic mass is 10.1. The lowest BCUT2D eigenvalue weighted by Crippen LogP contribution is -2.00. The molecule has 0 bridgehead atoms. The standard InChI is InChI=1S/C17H19Br2NO/c18-11-16-9-15(10-17(12-19)20-16)7-4-8-21-13-14-5-2-1-3-6-14/h1-3,5-6,9-10H,4,7-8,11-13H2. The second-order valence-electron chi connectivity index (χ2n) is 4.87. The van der Waals surface area contributed by atoms with Gasteiger partial charge in [0.15, 0.2) is 0 Å². The third-order valence-corrected chi connectivity index (χ3v) is 4.28. The molecule has 0 saturated heterocycles. The van der Waals surface area contributed by atoms with Crippen LogP contribution < -0.4 is 0 Å². The number of aromatic nitrogens is 1. The van der Waals surface area contributed by atoms with Crippen LogP contribution in [0.3, 0.4) is 0 Å². The first-order valence-electron chi connectivity index (χ1n) is 7.04. The van der Waals surface area contributed by atoms with Crippen LogP contribution in [0.25, 0.3) is 0 Å². The maximum atomic E-state index is 5.72. The van der Waals surface area contributed by atoms with Gasteiger partial charge < -0.3 is 4.74 Å². The topological polar surface area (TPSA) is 22.1 Å². The van der Waals surface area contributed by atoms with Gasteiger partial charge in [-0.05, 0) is 36.1 Å². The number of hydrogen-bond donors (Lipinski definition) is 0. The maximum Gasteiger partial charge on any atom is 0.0716 e. The Morgan fingerprint density at radius 1 is 0.905 bits per heavy atom. The lowest BCUT2D eigenvalue weighted by Gasteiger charge is -2.07. The summed E-state index contributed by atoms with van der Waals surface area (Å²) in [5.41, 5.74) is 4.74. The van der Waals surface area contributed by atoms with Gasteiger partial charge in [-0.2, -0.15) is 0 Å². The summed E-state index contributed by atoms with van der Waals surface area (Å²) in [5, 5.41) is 1.59. The number of benzene rings is 1. The van der Waals surface area contributed by atoms with Crippen LogP contribution in [0.4, 0.5) is 0 Å². The van der Waals surface area contributed by atoms with Crippen molar-refractivity contribution >= 4 is 31.9 Å². The molecule has 21 heavy (non-hydrogen) atoms. The SMILES string of the molecule is BrCc1cc(CCCOCc2ccccc2)cc(CBr)n1. The zero-order valence-electron chi connectivity index (χ0n) is 11.9. The highest BCUT2D eigenvalue weighted by Gasteiger charge is 2.02. The summed E-state index contributed by atoms with van der Waals surface area (Å²) in [6, 6.07) is 14.6. The van der Waals surface area contributed by atoms with E-state index in [1.807, 2.05) is 18.2 Å². The Bertz CT molecular complexity index is 523. The van der Waals surface area contributed by atoms with E-state index in [1.165, 1.54) is 11.1 Å². The highest BCUT2D eigenvalue weighted by atomic mass is 79.9. The Morgan fingerprint density at radius 3 is 2.19 bits per heavy atom. The van der Waals surface area contributed by atoms with Gasteiger partial charge in [0.1, 0.15) is 0 Å². The van der Waals surface area contributed by atoms with Crippen LogP contribution in [-0.2, 0) is 28.4 Å². The zero-order valence-corrected chi connectivity index (χ0v) is 15.1. The van der Waals surface area contributed by atoms with Crippen LogP contribution in [0.5, 0.6) is 0 Å². The smallest absolute Gasteiger partial charge is 0.0716 e. The van der Waals surface area contributed by atoms with E-state index in [-0.39, 0.29) is 0 Å². The minimum absolute atomic E-state index is 0.691. The molecule has 0 unspecified atom stereocenters. The van der Waals surface area contributed by atoms with Gasteiger partial charge in [-0.1, -0.05) is 62.2 Å². The van der Waals surface area contributed by atoms with Crippen LogP contribution in [0.1, 0.15) is 28.9 Å². The average Bonchev–Trinajstić information content (AvgIpc) is 2.55. The van der Waals surface area contributed by atoms with Crippen molar-refractivity contribution in [3.8, 4) is 0 Å². The molecule has 2 nitrogen and oxygen atoms in total. The molecule has 2 rings (SSSR count). The highest BCUT2D eigenvalue weighted by Crippen LogP contribution is 2.13. The molecule has 1 aromatic carbocycles. The molecule has 1 aromatic heterocycles. The molecule has 2 aromatic rings. The number of halogens is 2. The van der Waals surface area contributed by atoms with Crippen LogP contribution in [0.15, 0.2) is 42.5 Å². The van der Waals surface area contributed by atoms with Crippen molar-refractivity contribution in [2.24, 2.45) is 0 Å². The van der Waals surface area contributed by atoms with Crippen molar-refractivity contribution in [2.45, 2.75) is 30.1 Å². The van der Waals surface area contributed by atoms with Crippen LogP contribution in [0.2, 0.25) is 0 Å². The number of ether oxygens (including phenoxy) is 1. The summed E-state index contributed by atoms with van der Waals surface area (Å²) in [7, 11) is 0. The van der Waals surface area contributed by atoms with Crippen LogP contribution >= 0.6 is 31.9 Å². The molecule has 0 aliphatic heterocycles. The predicted molar refractivity (Wildman–Crippen MR) is 93.9 cm³/mol. The molecule has 0 N–H and O–H groups in total. The fourth-order valence-corrected chi connectivity index (χ4v) is 2.72. The van der Waals surface area contributed by atoms with Gasteiger partial charge in [-0.15, -0.1) is 0 Å². The third-order valence-electron chi connectivity index (χ3n) is 3.13. The summed E-state index contributed by atoms with van der Waals surface area (Å²) >= 11 is 6.94. The summed E-state index contributed by atoms with van der Waals surface area (Å²) in [5.74, 6) is 0. The van der Waals surface area contributed by atoms with Crippen molar-refractivity contribution < 1.29 is 4.74 Å². The van der Waals surface area contributed by atoms with Gasteiger partial charge >= 0.3 is 0 Å². The van der Waals surface area contributed by atoms with Crippen molar-refractivity contribution in [1.82, 2.24) is 4.98 Å². The Kier molecular flexibility index (Phi) is 7.41. The number of pyridine rings is 1. The molecule has 0 aliphatic carbocycles. The van der Waals surface area contributed by atoms with Crippen molar-refractivity contribution in [2.75, 3.05) is 6.61 Å². The minimum Gasteiger partial charge on any atom is -0.377 e. The zero-order chi connectivity index (χ0) is 14.9. The molecule has 0 aliphatic rings. The van der Waals surface area contributed by atoms with E-state index in [4.69, 9.17) is 4.74 Å². The number of aryl methyl sites for hydroxylation is 1. The van der Waals surface area contributed by atoms with E-state index in [1.54, 1.807) is 0 Å². The Balaban J connectivity index is 1.75. The molecule has 0 fully saturated rings. The normalized spacial score (nSPS) is 10.8. The van der Waals surface area contributed by atoms with E-state index in [0.29, 0.717) is 6.61 Å². The minimum atomic E-state index is 0.691. The monoisotopic (exact) mass is 411 g/mol. The number of alkyl halides is 2. The number of nitrogens with zero attached hydrogens (tertiary/aromatic N) is 1. The van der Waals surface area contributed by atoms with Gasteiger partial charge in [0, 0.05) is 17.3 Å². The molecule has 1 heterocycles. The molecule has 0 radical (unpaired) electrons. The summed E-state index contributed by atoms with van der Waals surface area (Å²) in [6.07, 6.45) is 2.05. The number of hydrogen-bond acceptors (Lipinski definition) is 2. The molecular weight excluding hydrogens is 394 g/mol. The van der Waals surface area contributed by atoms with Crippen molar-refractivity contribution in [3.63, 3.8) is 0 Å². The molecule has 0 amide bonds. The predicted octanol–water partition coefficient (Wildman–Crippen LogP) is 5.02. The first-order valence-corrected chi connectivity index (χ1v) is 9.28. The first-order chi connectivity index (χ1) is 10.3. The third kappa shape index (κ3) is 5.89. The Labute approximate surface area is 143 Å². The van der Waals surface area contributed by atoms with E-state index >= 15 is 0 Å². The average molecular weight is 413 g/mol. The Morgan fingerprint density at radius 2 is 1.57 bits per heavy atom. The second kappa shape index (κ2) is 9.34. The van der Waals surface area contributed by atoms with Gasteiger partial charge in [-0.25, -0.2) is 0 Å². The van der Waals surface area contributed by atoms with E-state index in [9.17, 15) is 0 Å². The summed E-state index contributed by atoms with van der Waals surface area (Å²) in [4.78, 5) is 4.53. The van der Waals surface area contributed by atoms with Gasteiger partial charge in [-0.3, -0.25) is 4.98 Å². The lowest BCUT2D eigenvalue weighted by molar-refractivity contribution is 0.118. The second-order valence-corrected chi connectivity index (χ2v) is 5.99. The van der Waals surface area contributed by atoms with Crippen LogP contribution in [0, 0.1) is 0 Å².